The molecule has 0 bridgehead atoms. The van der Waals surface area contributed by atoms with Gasteiger partial charge in [0.05, 0.1) is 0 Å². The van der Waals surface area contributed by atoms with Crippen molar-refractivity contribution in [2.24, 2.45) is 5.11 Å². The van der Waals surface area contributed by atoms with Crippen molar-refractivity contribution in [2.45, 2.75) is 38.8 Å². The third-order valence-corrected chi connectivity index (χ3v) is 1.86. The van der Waals surface area contributed by atoms with E-state index in [4.69, 9.17) is 10.6 Å². The number of carboxylic acids is 1. The van der Waals surface area contributed by atoms with Crippen molar-refractivity contribution in [2.75, 3.05) is 0 Å². The first-order valence-electron chi connectivity index (χ1n) is 4.57. The highest BCUT2D eigenvalue weighted by molar-refractivity contribution is 5.83. The zero-order chi connectivity index (χ0) is 11.8. The summed E-state index contributed by atoms with van der Waals surface area (Å²) in [6.45, 7) is 3.15. The van der Waals surface area contributed by atoms with Crippen molar-refractivity contribution >= 4 is 11.9 Å². The maximum absolute atomic E-state index is 11.2. The second-order valence-corrected chi connectivity index (χ2v) is 3.10. The van der Waals surface area contributed by atoms with E-state index in [1.165, 1.54) is 6.92 Å². The lowest BCUT2D eigenvalue weighted by Crippen LogP contribution is -2.39. The van der Waals surface area contributed by atoms with Crippen LogP contribution in [-0.4, -0.2) is 29.1 Å². The van der Waals surface area contributed by atoms with E-state index >= 15 is 0 Å². The molecule has 0 saturated heterocycles. The van der Waals surface area contributed by atoms with E-state index in [-0.39, 0.29) is 6.42 Å². The summed E-state index contributed by atoms with van der Waals surface area (Å²) in [5, 5.41) is 14.2. The van der Waals surface area contributed by atoms with Crippen LogP contribution < -0.4 is 5.32 Å². The summed E-state index contributed by atoms with van der Waals surface area (Å²) in [6.07, 6.45) is 0.553. The quantitative estimate of drug-likeness (QED) is 0.391. The maximum Gasteiger partial charge on any atom is 0.325 e. The van der Waals surface area contributed by atoms with Crippen molar-refractivity contribution in [1.29, 1.82) is 0 Å². The van der Waals surface area contributed by atoms with Crippen LogP contribution in [0.1, 0.15) is 26.7 Å². The summed E-state index contributed by atoms with van der Waals surface area (Å²) in [5.74, 6) is -1.52. The fourth-order valence-corrected chi connectivity index (χ4v) is 0.916. The standard InChI is InChI=1S/C8H14N4O3/c1-3-6(11-12-9)4-7(13)10-5(2)8(14)15/h5-6H,3-4H2,1-2H3,(H,10,13)(H,14,15). The third-order valence-electron chi connectivity index (χ3n) is 1.86. The average Bonchev–Trinajstić information content (AvgIpc) is 2.16. The lowest BCUT2D eigenvalue weighted by atomic mass is 10.1. The third kappa shape index (κ3) is 5.53. The lowest BCUT2D eigenvalue weighted by Gasteiger charge is -2.11. The van der Waals surface area contributed by atoms with Gasteiger partial charge in [0, 0.05) is 17.4 Å². The molecule has 0 aliphatic heterocycles. The fraction of sp³-hybridized carbons (Fsp3) is 0.750. The number of carbonyl (C=O) groups is 2. The number of carboxylic acid groups (broad SMARTS) is 1. The molecule has 2 atom stereocenters. The Morgan fingerprint density at radius 3 is 2.60 bits per heavy atom. The summed E-state index contributed by atoms with van der Waals surface area (Å²) in [7, 11) is 0. The molecule has 0 aromatic heterocycles. The van der Waals surface area contributed by atoms with Crippen LogP contribution in [0.4, 0.5) is 0 Å². The Labute approximate surface area is 87.1 Å². The Kier molecular flexibility index (Phi) is 5.89. The van der Waals surface area contributed by atoms with Crippen molar-refractivity contribution < 1.29 is 14.7 Å². The molecule has 15 heavy (non-hydrogen) atoms. The molecule has 7 heteroatoms. The van der Waals surface area contributed by atoms with E-state index in [1.807, 2.05) is 0 Å². The predicted molar refractivity (Wildman–Crippen MR) is 53.1 cm³/mol. The Bertz CT molecular complexity index is 286. The van der Waals surface area contributed by atoms with Gasteiger partial charge in [-0.15, -0.1) is 0 Å². The Morgan fingerprint density at radius 1 is 1.60 bits per heavy atom. The molecule has 0 aromatic rings. The van der Waals surface area contributed by atoms with Crippen LogP contribution in [0.3, 0.4) is 0 Å². The van der Waals surface area contributed by atoms with Gasteiger partial charge in [-0.05, 0) is 18.9 Å². The first kappa shape index (κ1) is 13.2. The minimum atomic E-state index is -1.10. The summed E-state index contributed by atoms with van der Waals surface area (Å²) in [4.78, 5) is 24.3. The summed E-state index contributed by atoms with van der Waals surface area (Å²) < 4.78 is 0. The topological polar surface area (TPSA) is 115 Å². The molecule has 0 radical (unpaired) electrons. The average molecular weight is 214 g/mol. The van der Waals surface area contributed by atoms with E-state index in [2.05, 4.69) is 15.3 Å². The van der Waals surface area contributed by atoms with Crippen LogP contribution >= 0.6 is 0 Å². The monoisotopic (exact) mass is 214 g/mol. The van der Waals surface area contributed by atoms with Crippen LogP contribution in [0.15, 0.2) is 5.11 Å². The number of rotatable bonds is 6. The van der Waals surface area contributed by atoms with Gasteiger partial charge >= 0.3 is 5.97 Å². The van der Waals surface area contributed by atoms with E-state index in [9.17, 15) is 9.59 Å². The summed E-state index contributed by atoms with van der Waals surface area (Å²) in [5.41, 5.74) is 8.18. The van der Waals surface area contributed by atoms with Crippen LogP contribution in [-0.2, 0) is 9.59 Å². The SMILES string of the molecule is CCC(CC(=O)NC(C)C(=O)O)N=[N+]=[N-]. The first-order chi connectivity index (χ1) is 7.01. The molecule has 84 valence electrons. The number of nitrogens with zero attached hydrogens (tertiary/aromatic N) is 3. The van der Waals surface area contributed by atoms with Crippen molar-refractivity contribution in [1.82, 2.24) is 5.32 Å². The molecule has 0 aliphatic rings. The molecule has 0 aliphatic carbocycles. The fourth-order valence-electron chi connectivity index (χ4n) is 0.916. The highest BCUT2D eigenvalue weighted by Gasteiger charge is 2.16. The minimum absolute atomic E-state index is 0.0121. The minimum Gasteiger partial charge on any atom is -0.480 e. The van der Waals surface area contributed by atoms with Gasteiger partial charge in [0.15, 0.2) is 0 Å². The van der Waals surface area contributed by atoms with Crippen molar-refractivity contribution in [3.63, 3.8) is 0 Å². The Balaban J connectivity index is 4.12. The normalized spacial score (nSPS) is 13.5. The molecule has 0 fully saturated rings. The molecule has 0 saturated carbocycles. The number of nitrogens with one attached hydrogen (secondary N) is 1. The zero-order valence-corrected chi connectivity index (χ0v) is 8.67. The number of hydrogen-bond acceptors (Lipinski definition) is 3. The largest absolute Gasteiger partial charge is 0.480 e. The molecule has 1 amide bonds. The van der Waals surface area contributed by atoms with Gasteiger partial charge in [-0.25, -0.2) is 0 Å². The van der Waals surface area contributed by atoms with E-state index in [0.29, 0.717) is 6.42 Å². The maximum atomic E-state index is 11.2. The number of azide groups is 1. The molecule has 2 unspecified atom stereocenters. The molecular weight excluding hydrogens is 200 g/mol. The van der Waals surface area contributed by atoms with Crippen LogP contribution in [0.2, 0.25) is 0 Å². The molecule has 2 N–H and O–H groups in total. The second kappa shape index (κ2) is 6.67. The van der Waals surface area contributed by atoms with Crippen LogP contribution in [0, 0.1) is 0 Å². The molecule has 7 nitrogen and oxygen atoms in total. The molecule has 0 heterocycles. The van der Waals surface area contributed by atoms with Gasteiger partial charge in [0.1, 0.15) is 6.04 Å². The number of carbonyl (C=O) groups excluding carboxylic acids is 1. The highest BCUT2D eigenvalue weighted by atomic mass is 16.4. The number of aliphatic carboxylic acids is 1. The zero-order valence-electron chi connectivity index (χ0n) is 8.67. The smallest absolute Gasteiger partial charge is 0.325 e. The van der Waals surface area contributed by atoms with Gasteiger partial charge in [-0.3, -0.25) is 9.59 Å². The first-order valence-corrected chi connectivity index (χ1v) is 4.57. The highest BCUT2D eigenvalue weighted by Crippen LogP contribution is 2.03. The lowest BCUT2D eigenvalue weighted by molar-refractivity contribution is -0.141. The van der Waals surface area contributed by atoms with Crippen molar-refractivity contribution in [3.05, 3.63) is 10.4 Å². The van der Waals surface area contributed by atoms with E-state index in [1.54, 1.807) is 6.92 Å². The molecule has 0 rings (SSSR count). The van der Waals surface area contributed by atoms with Crippen molar-refractivity contribution in [3.8, 4) is 0 Å². The summed E-state index contributed by atoms with van der Waals surface area (Å²) in [6, 6.07) is -1.35. The predicted octanol–water partition coefficient (Wildman–Crippen LogP) is 1.05. The van der Waals surface area contributed by atoms with Gasteiger partial charge in [-0.1, -0.05) is 12.0 Å². The van der Waals surface area contributed by atoms with Crippen LogP contribution in [0.25, 0.3) is 10.4 Å². The van der Waals surface area contributed by atoms with E-state index < -0.39 is 24.0 Å². The number of hydrogen-bond donors (Lipinski definition) is 2. The molecular formula is C8H14N4O3. The van der Waals surface area contributed by atoms with Gasteiger partial charge < -0.3 is 10.4 Å². The van der Waals surface area contributed by atoms with E-state index in [0.717, 1.165) is 0 Å². The molecule has 0 aromatic carbocycles. The Morgan fingerprint density at radius 2 is 2.20 bits per heavy atom. The van der Waals surface area contributed by atoms with Gasteiger partial charge in [0.2, 0.25) is 5.91 Å². The molecule has 0 spiro atoms. The van der Waals surface area contributed by atoms with Gasteiger partial charge in [-0.2, -0.15) is 0 Å². The van der Waals surface area contributed by atoms with Gasteiger partial charge in [0.25, 0.3) is 0 Å². The summed E-state index contributed by atoms with van der Waals surface area (Å²) >= 11 is 0. The Hall–Kier alpha value is -1.75. The second-order valence-electron chi connectivity index (χ2n) is 3.10. The number of amides is 1. The van der Waals surface area contributed by atoms with Crippen LogP contribution in [0.5, 0.6) is 0 Å².